The third-order valence-corrected chi connectivity index (χ3v) is 14.0. The molecule has 49 heavy (non-hydrogen) atoms. The van der Waals surface area contributed by atoms with E-state index in [0.29, 0.717) is 12.5 Å². The number of nitrogens with one attached hydrogen (secondary N) is 1. The Kier molecular flexibility index (Phi) is 35.0. The molecule has 0 aromatic carbocycles. The topological polar surface area (TPSA) is 56.8 Å². The summed E-state index contributed by atoms with van der Waals surface area (Å²) in [5, 5.41) is 0.179. The fraction of sp³-hybridized carbons (Fsp3) is 0.976. The highest BCUT2D eigenvalue weighted by molar-refractivity contribution is 8.13. The first-order valence-corrected chi connectivity index (χ1v) is 24.9. The van der Waals surface area contributed by atoms with Crippen LogP contribution in [0, 0.1) is 5.92 Å². The van der Waals surface area contributed by atoms with Gasteiger partial charge in [0.15, 0.2) is 5.12 Å². The zero-order chi connectivity index (χ0) is 35.4. The zero-order valence-corrected chi connectivity index (χ0v) is 35.1. The van der Waals surface area contributed by atoms with E-state index in [-0.39, 0.29) is 5.12 Å². The molecule has 1 N–H and O–H groups in total. The summed E-state index contributed by atoms with van der Waals surface area (Å²) in [4.78, 5) is 11.5. The van der Waals surface area contributed by atoms with E-state index in [9.17, 15) is 4.79 Å². The number of hydrogen-bond acceptors (Lipinski definition) is 6. The summed E-state index contributed by atoms with van der Waals surface area (Å²) in [6.45, 7) is 8.57. The Balaban J connectivity index is 2.14. The maximum atomic E-state index is 11.5. The van der Waals surface area contributed by atoms with E-state index in [1.807, 2.05) is 0 Å². The zero-order valence-electron chi connectivity index (χ0n) is 33.3. The van der Waals surface area contributed by atoms with Gasteiger partial charge in [-0.15, -0.1) is 0 Å². The molecule has 1 heterocycles. The van der Waals surface area contributed by atoms with Crippen molar-refractivity contribution >= 4 is 25.7 Å². The van der Waals surface area contributed by atoms with E-state index < -0.39 is 8.80 Å². The normalized spacial score (nSPS) is 18.5. The lowest BCUT2D eigenvalue weighted by Gasteiger charge is -2.33. The van der Waals surface area contributed by atoms with Crippen LogP contribution < -0.4 is 5.48 Å². The van der Waals surface area contributed by atoms with E-state index in [1.165, 1.54) is 198 Å². The van der Waals surface area contributed by atoms with Crippen LogP contribution in [0.25, 0.3) is 0 Å². The van der Waals surface area contributed by atoms with E-state index in [4.69, 9.17) is 13.4 Å². The average Bonchev–Trinajstić information content (AvgIpc) is 3.08. The van der Waals surface area contributed by atoms with Crippen molar-refractivity contribution in [2.45, 2.75) is 232 Å². The minimum absolute atomic E-state index is 0.179. The highest BCUT2D eigenvalue weighted by Gasteiger charge is 2.42. The first-order valence-electron chi connectivity index (χ1n) is 21.9. The summed E-state index contributed by atoms with van der Waals surface area (Å²) in [6.07, 6.45) is 43.4. The van der Waals surface area contributed by atoms with Crippen molar-refractivity contribution in [1.82, 2.24) is 5.48 Å². The van der Waals surface area contributed by atoms with Gasteiger partial charge in [0.25, 0.3) is 0 Å². The molecule has 292 valence electrons. The van der Waals surface area contributed by atoms with Crippen LogP contribution in [0.5, 0.6) is 0 Å². The van der Waals surface area contributed by atoms with Crippen LogP contribution in [0.3, 0.4) is 0 Å². The Bertz CT molecular complexity index is 684. The number of unbranched alkanes of at least 4 members (excludes halogenated alkanes) is 27. The highest BCUT2D eigenvalue weighted by atomic mass is 32.2. The lowest BCUT2D eigenvalue weighted by atomic mass is 9.97. The Morgan fingerprint density at radius 3 is 1.51 bits per heavy atom. The standard InChI is InChI=1S/C42H85NO4SSi/c1-4-6-8-10-12-14-16-18-19-20-22-24-26-28-30-32-36-45-49(39-33-38-48-41(3)44)46-37-35-42(40-43-47-49)34-31-29-27-25-23-21-17-15-13-11-9-7-5-2/h42-43H,4-40H2,1-3H3. The largest absolute Gasteiger partial charge is 0.517 e. The molecule has 0 amide bonds. The van der Waals surface area contributed by atoms with Crippen molar-refractivity contribution in [3.8, 4) is 0 Å². The Labute approximate surface area is 312 Å². The molecular weight excluding hydrogens is 643 g/mol. The third-order valence-electron chi connectivity index (χ3n) is 10.4. The fourth-order valence-corrected chi connectivity index (χ4v) is 10.3. The molecule has 1 rings (SSSR count). The van der Waals surface area contributed by atoms with Crippen LogP contribution in [0.15, 0.2) is 0 Å². The number of carbonyl (C=O) groups excluding carboxylic acids is 1. The molecule has 0 saturated carbocycles. The van der Waals surface area contributed by atoms with Crippen LogP contribution >= 0.6 is 11.8 Å². The summed E-state index contributed by atoms with van der Waals surface area (Å²) >= 11 is 1.40. The first-order chi connectivity index (χ1) is 24.1. The van der Waals surface area contributed by atoms with Gasteiger partial charge in [0.1, 0.15) is 0 Å². The molecule has 0 aliphatic carbocycles. The minimum Gasteiger partial charge on any atom is -0.373 e. The van der Waals surface area contributed by atoms with Gasteiger partial charge in [-0.2, -0.15) is 0 Å². The quantitative estimate of drug-likeness (QED) is 0.0512. The first kappa shape index (κ1) is 47.1. The summed E-state index contributed by atoms with van der Waals surface area (Å²) in [5.74, 6) is 1.41. The number of thioether (sulfide) groups is 1. The van der Waals surface area contributed by atoms with Crippen molar-refractivity contribution < 1.29 is 18.2 Å². The predicted octanol–water partition coefficient (Wildman–Crippen LogP) is 13.9. The van der Waals surface area contributed by atoms with Gasteiger partial charge < -0.3 is 8.85 Å². The van der Waals surface area contributed by atoms with Gasteiger partial charge in [-0.05, 0) is 31.6 Å². The molecule has 7 heteroatoms. The highest BCUT2D eigenvalue weighted by Crippen LogP contribution is 2.25. The van der Waals surface area contributed by atoms with Crippen LogP contribution in [0.4, 0.5) is 0 Å². The van der Waals surface area contributed by atoms with Crippen molar-refractivity contribution in [1.29, 1.82) is 0 Å². The molecular formula is C42H85NO4SSi. The summed E-state index contributed by atoms with van der Waals surface area (Å²) in [6, 6.07) is 0.780. The minimum atomic E-state index is -2.78. The van der Waals surface area contributed by atoms with Crippen LogP contribution in [0.2, 0.25) is 6.04 Å². The smallest absolute Gasteiger partial charge is 0.373 e. The van der Waals surface area contributed by atoms with Gasteiger partial charge in [0.2, 0.25) is 0 Å². The third kappa shape index (κ3) is 31.3. The van der Waals surface area contributed by atoms with Crippen molar-refractivity contribution in [3.63, 3.8) is 0 Å². The van der Waals surface area contributed by atoms with Crippen LogP contribution in [-0.2, 0) is 18.2 Å². The van der Waals surface area contributed by atoms with Crippen LogP contribution in [-0.4, -0.2) is 39.4 Å². The number of hydroxylamine groups is 1. The Hall–Kier alpha value is 0.0769. The van der Waals surface area contributed by atoms with Crippen molar-refractivity contribution in [3.05, 3.63) is 0 Å². The molecule has 1 aliphatic heterocycles. The number of carbonyl (C=O) groups is 1. The molecule has 0 aromatic rings. The molecule has 0 aromatic heterocycles. The predicted molar refractivity (Wildman–Crippen MR) is 217 cm³/mol. The van der Waals surface area contributed by atoms with E-state index in [1.54, 1.807) is 6.92 Å². The van der Waals surface area contributed by atoms with Gasteiger partial charge in [0, 0.05) is 38.5 Å². The van der Waals surface area contributed by atoms with E-state index in [0.717, 1.165) is 44.2 Å². The van der Waals surface area contributed by atoms with Gasteiger partial charge in [-0.25, -0.2) is 5.48 Å². The van der Waals surface area contributed by atoms with E-state index >= 15 is 0 Å². The Morgan fingerprint density at radius 1 is 0.633 bits per heavy atom. The molecule has 1 fully saturated rings. The van der Waals surface area contributed by atoms with Crippen LogP contribution in [0.1, 0.15) is 226 Å². The average molecular weight is 728 g/mol. The fourth-order valence-electron chi connectivity index (χ4n) is 7.13. The lowest BCUT2D eigenvalue weighted by Crippen LogP contribution is -2.52. The molecule has 1 aliphatic rings. The summed E-state index contributed by atoms with van der Waals surface area (Å²) < 4.78 is 19.3. The molecule has 2 atom stereocenters. The van der Waals surface area contributed by atoms with Crippen molar-refractivity contribution in [2.24, 2.45) is 5.92 Å². The van der Waals surface area contributed by atoms with Gasteiger partial charge in [-0.3, -0.25) is 9.32 Å². The van der Waals surface area contributed by atoms with Gasteiger partial charge >= 0.3 is 8.80 Å². The monoisotopic (exact) mass is 728 g/mol. The van der Waals surface area contributed by atoms with Crippen molar-refractivity contribution in [2.75, 3.05) is 25.5 Å². The number of hydrogen-bond donors (Lipinski definition) is 1. The maximum Gasteiger partial charge on any atom is 0.517 e. The van der Waals surface area contributed by atoms with E-state index in [2.05, 4.69) is 19.3 Å². The van der Waals surface area contributed by atoms with Gasteiger partial charge in [0.05, 0.1) is 0 Å². The van der Waals surface area contributed by atoms with Gasteiger partial charge in [-0.1, -0.05) is 205 Å². The number of rotatable bonds is 36. The summed E-state index contributed by atoms with van der Waals surface area (Å²) in [5.41, 5.74) is 3.32. The molecule has 2 unspecified atom stereocenters. The molecule has 0 bridgehead atoms. The molecule has 0 spiro atoms. The lowest BCUT2D eigenvalue weighted by molar-refractivity contribution is -0.109. The second-order valence-corrected chi connectivity index (χ2v) is 19.2. The second-order valence-electron chi connectivity index (χ2n) is 15.3. The maximum absolute atomic E-state index is 11.5. The molecule has 5 nitrogen and oxygen atoms in total. The molecule has 0 radical (unpaired) electrons. The second kappa shape index (κ2) is 36.4. The Morgan fingerprint density at radius 2 is 1.06 bits per heavy atom. The SMILES string of the molecule is CCCCCCCCCCCCCCCCCCO[Si]1(CCCSC(C)=O)OCCC(CCCCCCCCCCCCCCC)CNO1. The summed E-state index contributed by atoms with van der Waals surface area (Å²) in [7, 11) is -2.78. The molecule has 1 saturated heterocycles.